The third-order valence-electron chi connectivity index (χ3n) is 2.65. The second kappa shape index (κ2) is 5.61. The molecule has 0 spiro atoms. The van der Waals surface area contributed by atoms with Crippen LogP contribution in [0.25, 0.3) is 0 Å². The Kier molecular flexibility index (Phi) is 4.06. The Labute approximate surface area is 125 Å². The maximum Gasteiger partial charge on any atom is 0.184 e. The van der Waals surface area contributed by atoms with Crippen molar-refractivity contribution in [3.05, 3.63) is 52.3 Å². The molecule has 0 saturated heterocycles. The number of sulfone groups is 1. The predicted molar refractivity (Wildman–Crippen MR) is 78.4 cm³/mol. The summed E-state index contributed by atoms with van der Waals surface area (Å²) in [5.74, 6) is -0.315. The van der Waals surface area contributed by atoms with Gasteiger partial charge in [-0.15, -0.1) is 0 Å². The number of nitrogens with zero attached hydrogens (tertiary/aromatic N) is 2. The highest BCUT2D eigenvalue weighted by molar-refractivity contribution is 9.10. The third-order valence-corrected chi connectivity index (χ3v) is 4.86. The molecular formula is C13H10BrN3O2S. The smallest absolute Gasteiger partial charge is 0.184 e. The van der Waals surface area contributed by atoms with Gasteiger partial charge < -0.3 is 5.73 Å². The molecule has 5 nitrogen and oxygen atoms in total. The number of hydrogen-bond donors (Lipinski definition) is 1. The zero-order valence-corrected chi connectivity index (χ0v) is 12.6. The molecule has 7 heteroatoms. The fraction of sp³-hybridized carbons (Fsp3) is 0.0769. The van der Waals surface area contributed by atoms with Crippen molar-refractivity contribution in [2.45, 2.75) is 10.6 Å². The Balaban J connectivity index is 2.47. The number of nitrogens with two attached hydrogens (primary N) is 1. The van der Waals surface area contributed by atoms with Gasteiger partial charge in [-0.25, -0.2) is 13.4 Å². The lowest BCUT2D eigenvalue weighted by Crippen LogP contribution is -2.09. The summed E-state index contributed by atoms with van der Waals surface area (Å²) in [5.41, 5.74) is 6.35. The van der Waals surface area contributed by atoms with Crippen molar-refractivity contribution in [3.8, 4) is 6.07 Å². The molecule has 0 aliphatic carbocycles. The maximum absolute atomic E-state index is 12.4. The van der Waals surface area contributed by atoms with Crippen molar-refractivity contribution < 1.29 is 8.42 Å². The minimum atomic E-state index is -3.65. The first-order valence-electron chi connectivity index (χ1n) is 5.56. The lowest BCUT2D eigenvalue weighted by molar-refractivity contribution is 0.595. The third kappa shape index (κ3) is 2.98. The second-order valence-electron chi connectivity index (χ2n) is 4.06. The summed E-state index contributed by atoms with van der Waals surface area (Å²) in [6.45, 7) is 0. The van der Waals surface area contributed by atoms with E-state index in [1.54, 1.807) is 18.2 Å². The van der Waals surface area contributed by atoms with Crippen LogP contribution < -0.4 is 5.73 Å². The minimum Gasteiger partial charge on any atom is -0.398 e. The number of pyridine rings is 1. The standard InChI is InChI=1S/C13H10BrN3O2S/c14-10-3-4-11(16)13(6-10)20(18,19)8-9-2-1-5-17-12(9)7-15/h1-6H,8,16H2. The van der Waals surface area contributed by atoms with Gasteiger partial charge >= 0.3 is 0 Å². The van der Waals surface area contributed by atoms with Crippen molar-refractivity contribution in [3.63, 3.8) is 0 Å². The van der Waals surface area contributed by atoms with E-state index in [0.717, 1.165) is 0 Å². The maximum atomic E-state index is 12.4. The first kappa shape index (κ1) is 14.5. The van der Waals surface area contributed by atoms with Crippen LogP contribution in [-0.2, 0) is 15.6 Å². The Hall–Kier alpha value is -1.91. The number of halogens is 1. The lowest BCUT2D eigenvalue weighted by atomic mass is 10.2. The fourth-order valence-corrected chi connectivity index (χ4v) is 3.76. The van der Waals surface area contributed by atoms with Crippen molar-refractivity contribution in [2.24, 2.45) is 0 Å². The molecule has 0 unspecified atom stereocenters. The number of nitriles is 1. The number of benzene rings is 1. The van der Waals surface area contributed by atoms with E-state index in [1.165, 1.54) is 18.3 Å². The molecule has 0 saturated carbocycles. The van der Waals surface area contributed by atoms with Crippen LogP contribution in [0.2, 0.25) is 0 Å². The number of nitrogen functional groups attached to an aromatic ring is 1. The highest BCUT2D eigenvalue weighted by Gasteiger charge is 2.20. The summed E-state index contributed by atoms with van der Waals surface area (Å²) in [6.07, 6.45) is 1.45. The molecule has 1 aromatic carbocycles. The lowest BCUT2D eigenvalue weighted by Gasteiger charge is -2.08. The second-order valence-corrected chi connectivity index (χ2v) is 6.94. The number of anilines is 1. The molecule has 0 amide bonds. The van der Waals surface area contributed by atoms with Gasteiger partial charge in [0.1, 0.15) is 11.8 Å². The van der Waals surface area contributed by atoms with Crippen molar-refractivity contribution in [1.82, 2.24) is 4.98 Å². The van der Waals surface area contributed by atoms with Gasteiger partial charge in [0.15, 0.2) is 9.84 Å². The van der Waals surface area contributed by atoms with Gasteiger partial charge in [-0.1, -0.05) is 22.0 Å². The summed E-state index contributed by atoms with van der Waals surface area (Å²) in [6, 6.07) is 9.68. The number of rotatable bonds is 3. The molecule has 0 atom stereocenters. The average Bonchev–Trinajstić information content (AvgIpc) is 2.41. The first-order valence-corrected chi connectivity index (χ1v) is 8.00. The van der Waals surface area contributed by atoms with Crippen LogP contribution in [-0.4, -0.2) is 13.4 Å². The van der Waals surface area contributed by atoms with E-state index in [4.69, 9.17) is 11.0 Å². The van der Waals surface area contributed by atoms with E-state index < -0.39 is 9.84 Å². The van der Waals surface area contributed by atoms with E-state index in [2.05, 4.69) is 20.9 Å². The van der Waals surface area contributed by atoms with Crippen LogP contribution in [0.3, 0.4) is 0 Å². The number of aromatic nitrogens is 1. The van der Waals surface area contributed by atoms with E-state index >= 15 is 0 Å². The van der Waals surface area contributed by atoms with Crippen LogP contribution in [0.5, 0.6) is 0 Å². The summed E-state index contributed by atoms with van der Waals surface area (Å²) < 4.78 is 25.4. The topological polar surface area (TPSA) is 96.8 Å². The SMILES string of the molecule is N#Cc1ncccc1CS(=O)(=O)c1cc(Br)ccc1N. The van der Waals surface area contributed by atoms with Crippen molar-refractivity contribution in [1.29, 1.82) is 5.26 Å². The van der Waals surface area contributed by atoms with E-state index in [9.17, 15) is 8.42 Å². The Morgan fingerprint density at radius 2 is 2.10 bits per heavy atom. The quantitative estimate of drug-likeness (QED) is 0.855. The summed E-state index contributed by atoms with van der Waals surface area (Å²) in [4.78, 5) is 3.89. The molecule has 2 rings (SSSR count). The van der Waals surface area contributed by atoms with Crippen molar-refractivity contribution in [2.75, 3.05) is 5.73 Å². The monoisotopic (exact) mass is 351 g/mol. The van der Waals surface area contributed by atoms with Crippen molar-refractivity contribution >= 4 is 31.5 Å². The minimum absolute atomic E-state index is 0.0413. The molecule has 0 radical (unpaired) electrons. The molecule has 0 aliphatic heterocycles. The molecule has 0 bridgehead atoms. The zero-order chi connectivity index (χ0) is 14.8. The summed E-state index contributed by atoms with van der Waals surface area (Å²) in [7, 11) is -3.65. The van der Waals surface area contributed by atoms with Crippen LogP contribution >= 0.6 is 15.9 Å². The first-order chi connectivity index (χ1) is 9.44. The molecule has 102 valence electrons. The van der Waals surface area contributed by atoms with Gasteiger partial charge in [0, 0.05) is 16.2 Å². The Bertz CT molecular complexity index is 798. The Morgan fingerprint density at radius 1 is 1.35 bits per heavy atom. The zero-order valence-electron chi connectivity index (χ0n) is 10.2. The summed E-state index contributed by atoms with van der Waals surface area (Å²) in [5, 5.41) is 8.95. The molecule has 1 aromatic heterocycles. The van der Waals surface area contributed by atoms with Gasteiger partial charge in [-0.3, -0.25) is 0 Å². The highest BCUT2D eigenvalue weighted by Crippen LogP contribution is 2.26. The predicted octanol–water partition coefficient (Wildman–Crippen LogP) is 2.27. The molecule has 2 N–H and O–H groups in total. The van der Waals surface area contributed by atoms with Gasteiger partial charge in [-0.2, -0.15) is 5.26 Å². The average molecular weight is 352 g/mol. The normalized spacial score (nSPS) is 11.0. The molecule has 20 heavy (non-hydrogen) atoms. The molecule has 0 fully saturated rings. The number of hydrogen-bond acceptors (Lipinski definition) is 5. The van der Waals surface area contributed by atoms with Gasteiger partial charge in [0.25, 0.3) is 0 Å². The summed E-state index contributed by atoms with van der Waals surface area (Å²) >= 11 is 3.22. The largest absolute Gasteiger partial charge is 0.398 e. The van der Waals surface area contributed by atoms with E-state index in [-0.39, 0.29) is 22.0 Å². The Morgan fingerprint density at radius 3 is 2.80 bits per heavy atom. The molecule has 2 aromatic rings. The fourth-order valence-electron chi connectivity index (χ4n) is 1.72. The molecule has 1 heterocycles. The van der Waals surface area contributed by atoms with Gasteiger partial charge in [-0.05, 0) is 24.3 Å². The molecule has 0 aliphatic rings. The van der Waals surface area contributed by atoms with Crippen LogP contribution in [0.1, 0.15) is 11.3 Å². The van der Waals surface area contributed by atoms with Crippen LogP contribution in [0.4, 0.5) is 5.69 Å². The van der Waals surface area contributed by atoms with Crippen LogP contribution in [0, 0.1) is 11.3 Å². The highest BCUT2D eigenvalue weighted by atomic mass is 79.9. The van der Waals surface area contributed by atoms with E-state index in [1.807, 2.05) is 6.07 Å². The van der Waals surface area contributed by atoms with E-state index in [0.29, 0.717) is 10.0 Å². The van der Waals surface area contributed by atoms with Gasteiger partial charge in [0.05, 0.1) is 16.3 Å². The van der Waals surface area contributed by atoms with Gasteiger partial charge in [0.2, 0.25) is 0 Å². The van der Waals surface area contributed by atoms with Crippen LogP contribution in [0.15, 0.2) is 45.9 Å². The molecular weight excluding hydrogens is 342 g/mol.